The summed E-state index contributed by atoms with van der Waals surface area (Å²) in [6, 6.07) is 13.5. The van der Waals surface area contributed by atoms with Crippen molar-refractivity contribution in [1.29, 1.82) is 0 Å². The molecule has 1 saturated heterocycles. The van der Waals surface area contributed by atoms with Crippen molar-refractivity contribution in [3.63, 3.8) is 0 Å². The molecule has 164 valence electrons. The average Bonchev–Trinajstić information content (AvgIpc) is 3.10. The number of carbonyl (C=O) groups excluding carboxylic acids is 2. The predicted octanol–water partition coefficient (Wildman–Crippen LogP) is 4.57. The minimum absolute atomic E-state index is 0.150. The van der Waals surface area contributed by atoms with Crippen molar-refractivity contribution >= 4 is 34.0 Å². The molecule has 2 aromatic carbocycles. The number of hydrogen-bond donors (Lipinski definition) is 0. The molecule has 2 fully saturated rings. The van der Waals surface area contributed by atoms with Crippen LogP contribution in [0.15, 0.2) is 64.2 Å². The quantitative estimate of drug-likeness (QED) is 0.335. The van der Waals surface area contributed by atoms with Crippen LogP contribution in [0.1, 0.15) is 24.0 Å². The number of ether oxygens (including phenoxy) is 2. The smallest absolute Gasteiger partial charge is 0.254 e. The van der Waals surface area contributed by atoms with Gasteiger partial charge in [0, 0.05) is 0 Å². The molecule has 4 aliphatic rings. The standard InChI is InChI=1S/C25H23BrN2O4/c1-31-20-12-16(11-19(26)23(20)32-14-15-5-3-2-4-6-15)13-27-28-24(29)21-17-7-8-18(10-9-17)22(21)25(28)30/h2-8,11-13,17-18,21-22H,9-10,14H2,1H3/b27-13-/t17-,18-,21+,22+/m0/s1. The predicted molar refractivity (Wildman–Crippen MR) is 123 cm³/mol. The van der Waals surface area contributed by atoms with E-state index >= 15 is 0 Å². The van der Waals surface area contributed by atoms with Crippen molar-refractivity contribution in [2.45, 2.75) is 19.4 Å². The van der Waals surface area contributed by atoms with E-state index in [0.29, 0.717) is 28.1 Å². The van der Waals surface area contributed by atoms with Crippen molar-refractivity contribution < 1.29 is 19.1 Å². The van der Waals surface area contributed by atoms with Crippen LogP contribution in [-0.2, 0) is 16.2 Å². The van der Waals surface area contributed by atoms with Gasteiger partial charge in [0.15, 0.2) is 11.5 Å². The van der Waals surface area contributed by atoms with Crippen LogP contribution in [0.2, 0.25) is 0 Å². The summed E-state index contributed by atoms with van der Waals surface area (Å²) in [7, 11) is 1.57. The lowest BCUT2D eigenvalue weighted by Gasteiger charge is -2.37. The monoisotopic (exact) mass is 494 g/mol. The number of nitrogens with zero attached hydrogens (tertiary/aromatic N) is 2. The number of carbonyl (C=O) groups is 2. The Labute approximate surface area is 195 Å². The minimum Gasteiger partial charge on any atom is -0.493 e. The summed E-state index contributed by atoms with van der Waals surface area (Å²) < 4.78 is 12.2. The highest BCUT2D eigenvalue weighted by molar-refractivity contribution is 9.10. The zero-order chi connectivity index (χ0) is 22.2. The Balaban J connectivity index is 1.35. The number of fused-ring (bicyclic) bond motifs is 1. The molecule has 2 amide bonds. The summed E-state index contributed by atoms with van der Waals surface area (Å²) in [5.41, 5.74) is 1.74. The van der Waals surface area contributed by atoms with Crippen LogP contribution < -0.4 is 9.47 Å². The molecule has 32 heavy (non-hydrogen) atoms. The number of hydrazone groups is 1. The highest BCUT2D eigenvalue weighted by Crippen LogP contribution is 2.49. The molecule has 0 aromatic heterocycles. The molecule has 0 N–H and O–H groups in total. The van der Waals surface area contributed by atoms with Gasteiger partial charge in [-0.25, -0.2) is 0 Å². The summed E-state index contributed by atoms with van der Waals surface area (Å²) in [5.74, 6) is 0.501. The molecule has 0 spiro atoms. The SMILES string of the molecule is COc1cc(/C=N\N2C(=O)[C@H]3[C@H](C2=O)[C@H]2C=C[C@H]3CC2)cc(Br)c1OCc1ccccc1. The first-order valence-electron chi connectivity index (χ1n) is 10.7. The van der Waals surface area contributed by atoms with Gasteiger partial charge in [-0.3, -0.25) is 9.59 Å². The Hall–Kier alpha value is -2.93. The van der Waals surface area contributed by atoms with Crippen LogP contribution in [-0.4, -0.2) is 30.1 Å². The molecule has 1 aliphatic heterocycles. The second-order valence-electron chi connectivity index (χ2n) is 8.38. The zero-order valence-corrected chi connectivity index (χ0v) is 19.2. The number of imide groups is 1. The number of methoxy groups -OCH3 is 1. The molecule has 6 rings (SSSR count). The van der Waals surface area contributed by atoms with Crippen molar-refractivity contribution in [3.8, 4) is 11.5 Å². The third-order valence-electron chi connectivity index (χ3n) is 6.54. The molecule has 3 aliphatic carbocycles. The number of benzene rings is 2. The van der Waals surface area contributed by atoms with Crippen LogP contribution >= 0.6 is 15.9 Å². The molecular weight excluding hydrogens is 472 g/mol. The lowest BCUT2D eigenvalue weighted by Crippen LogP contribution is -2.38. The fourth-order valence-electron chi connectivity index (χ4n) is 4.98. The molecule has 2 bridgehead atoms. The Bertz CT molecular complexity index is 1080. The van der Waals surface area contributed by atoms with E-state index in [1.807, 2.05) is 36.4 Å². The van der Waals surface area contributed by atoms with Crippen LogP contribution in [0.3, 0.4) is 0 Å². The average molecular weight is 495 g/mol. The van der Waals surface area contributed by atoms with E-state index in [1.165, 1.54) is 6.21 Å². The first-order valence-corrected chi connectivity index (χ1v) is 11.5. The van der Waals surface area contributed by atoms with Crippen LogP contribution in [0.25, 0.3) is 0 Å². The van der Waals surface area contributed by atoms with E-state index in [2.05, 4.69) is 33.2 Å². The molecule has 2 aromatic rings. The van der Waals surface area contributed by atoms with Gasteiger partial charge in [0.1, 0.15) is 6.61 Å². The van der Waals surface area contributed by atoms with E-state index in [-0.39, 0.29) is 35.5 Å². The van der Waals surface area contributed by atoms with E-state index in [9.17, 15) is 9.59 Å². The van der Waals surface area contributed by atoms with E-state index in [4.69, 9.17) is 9.47 Å². The van der Waals surface area contributed by atoms with Crippen molar-refractivity contribution in [3.05, 3.63) is 70.2 Å². The normalized spacial score (nSPS) is 26.1. The summed E-state index contributed by atoms with van der Waals surface area (Å²) in [5, 5.41) is 5.34. The van der Waals surface area contributed by atoms with Crippen molar-refractivity contribution in [2.75, 3.05) is 7.11 Å². The van der Waals surface area contributed by atoms with Gasteiger partial charge in [0.05, 0.1) is 29.6 Å². The van der Waals surface area contributed by atoms with Gasteiger partial charge in [0.2, 0.25) is 0 Å². The fraction of sp³-hybridized carbons (Fsp3) is 0.320. The fourth-order valence-corrected chi connectivity index (χ4v) is 5.55. The molecular formula is C25H23BrN2O4. The highest BCUT2D eigenvalue weighted by atomic mass is 79.9. The number of rotatable bonds is 6. The van der Waals surface area contributed by atoms with E-state index < -0.39 is 0 Å². The van der Waals surface area contributed by atoms with Gasteiger partial charge in [-0.1, -0.05) is 42.5 Å². The first kappa shape index (κ1) is 20.9. The number of allylic oxidation sites excluding steroid dienone is 2. The van der Waals surface area contributed by atoms with E-state index in [1.54, 1.807) is 13.2 Å². The van der Waals surface area contributed by atoms with Gasteiger partial charge >= 0.3 is 0 Å². The van der Waals surface area contributed by atoms with Gasteiger partial charge in [-0.15, -0.1) is 0 Å². The van der Waals surface area contributed by atoms with Gasteiger partial charge in [-0.05, 0) is 63.9 Å². The minimum atomic E-state index is -0.265. The van der Waals surface area contributed by atoms with Gasteiger partial charge in [-0.2, -0.15) is 10.1 Å². The first-order chi connectivity index (χ1) is 15.6. The van der Waals surface area contributed by atoms with Crippen molar-refractivity contribution in [1.82, 2.24) is 5.01 Å². The molecule has 0 unspecified atom stereocenters. The molecule has 6 nitrogen and oxygen atoms in total. The maximum Gasteiger partial charge on any atom is 0.254 e. The second kappa shape index (κ2) is 8.54. The number of hydrogen-bond acceptors (Lipinski definition) is 5. The van der Waals surface area contributed by atoms with Crippen LogP contribution in [0, 0.1) is 23.7 Å². The molecule has 1 saturated carbocycles. The van der Waals surface area contributed by atoms with Gasteiger partial charge < -0.3 is 9.47 Å². The lowest BCUT2D eigenvalue weighted by atomic mass is 9.63. The third-order valence-corrected chi connectivity index (χ3v) is 7.13. The molecule has 0 radical (unpaired) electrons. The maximum atomic E-state index is 12.9. The summed E-state index contributed by atoms with van der Waals surface area (Å²) in [6.07, 6.45) is 7.66. The maximum absolute atomic E-state index is 12.9. The third kappa shape index (κ3) is 3.64. The topological polar surface area (TPSA) is 68.2 Å². The van der Waals surface area contributed by atoms with Crippen LogP contribution in [0.5, 0.6) is 11.5 Å². The zero-order valence-electron chi connectivity index (χ0n) is 17.6. The van der Waals surface area contributed by atoms with Crippen LogP contribution in [0.4, 0.5) is 0 Å². The second-order valence-corrected chi connectivity index (χ2v) is 9.24. The van der Waals surface area contributed by atoms with Crippen molar-refractivity contribution in [2.24, 2.45) is 28.8 Å². The summed E-state index contributed by atoms with van der Waals surface area (Å²) >= 11 is 3.54. The largest absolute Gasteiger partial charge is 0.493 e. The Kier molecular flexibility index (Phi) is 5.59. The van der Waals surface area contributed by atoms with E-state index in [0.717, 1.165) is 23.4 Å². The molecule has 1 heterocycles. The van der Waals surface area contributed by atoms with Gasteiger partial charge in [0.25, 0.3) is 11.8 Å². The number of amides is 2. The number of halogens is 1. The molecule has 4 atom stereocenters. The molecule has 7 heteroatoms. The summed E-state index contributed by atoms with van der Waals surface area (Å²) in [4.78, 5) is 25.9. The lowest BCUT2D eigenvalue weighted by molar-refractivity contribution is -0.140. The summed E-state index contributed by atoms with van der Waals surface area (Å²) in [6.45, 7) is 0.402. The Morgan fingerprint density at radius 1 is 1.06 bits per heavy atom. The Morgan fingerprint density at radius 2 is 1.72 bits per heavy atom. The Morgan fingerprint density at radius 3 is 2.31 bits per heavy atom. The highest BCUT2D eigenvalue weighted by Gasteiger charge is 2.56.